The molecular formula is C34H45N3O4. The Morgan fingerprint density at radius 2 is 1.63 bits per heavy atom. The summed E-state index contributed by atoms with van der Waals surface area (Å²) in [6.07, 6.45) is 10.5. The normalized spacial score (nSPS) is 23.2. The van der Waals surface area contributed by atoms with Crippen molar-refractivity contribution in [2.24, 2.45) is 5.92 Å². The number of nitrogens with one attached hydrogen (secondary N) is 1. The van der Waals surface area contributed by atoms with E-state index in [4.69, 9.17) is 4.74 Å². The van der Waals surface area contributed by atoms with E-state index >= 15 is 0 Å². The lowest BCUT2D eigenvalue weighted by Gasteiger charge is -2.41. The number of benzene rings is 2. The van der Waals surface area contributed by atoms with Gasteiger partial charge in [-0.3, -0.25) is 14.4 Å². The zero-order valence-electron chi connectivity index (χ0n) is 24.6. The maximum absolute atomic E-state index is 14.1. The molecule has 7 heteroatoms. The first-order valence-corrected chi connectivity index (χ1v) is 15.6. The van der Waals surface area contributed by atoms with Crippen molar-refractivity contribution in [2.45, 2.75) is 102 Å². The van der Waals surface area contributed by atoms with Gasteiger partial charge in [-0.1, -0.05) is 61.9 Å². The Kier molecular flexibility index (Phi) is 9.63. The molecule has 3 amide bonds. The highest BCUT2D eigenvalue weighted by atomic mass is 16.5. The highest BCUT2D eigenvalue weighted by Crippen LogP contribution is 2.31. The number of hydrogen-bond acceptors (Lipinski definition) is 4. The average Bonchev–Trinajstić information content (AvgIpc) is 3.50. The third-order valence-electron chi connectivity index (χ3n) is 9.28. The largest absolute Gasteiger partial charge is 0.497 e. The van der Waals surface area contributed by atoms with E-state index in [-0.39, 0.29) is 35.7 Å². The van der Waals surface area contributed by atoms with Crippen LogP contribution >= 0.6 is 0 Å². The summed E-state index contributed by atoms with van der Waals surface area (Å²) in [5.41, 5.74) is 2.83. The molecular weight excluding hydrogens is 514 g/mol. The lowest BCUT2D eigenvalue weighted by molar-refractivity contribution is -0.142. The summed E-state index contributed by atoms with van der Waals surface area (Å²) >= 11 is 0. The quantitative estimate of drug-likeness (QED) is 0.454. The van der Waals surface area contributed by atoms with Crippen molar-refractivity contribution in [3.8, 4) is 5.75 Å². The van der Waals surface area contributed by atoms with Gasteiger partial charge >= 0.3 is 0 Å². The summed E-state index contributed by atoms with van der Waals surface area (Å²) in [6.45, 7) is 3.20. The smallest absolute Gasteiger partial charge is 0.254 e. The van der Waals surface area contributed by atoms with Crippen LogP contribution in [0.3, 0.4) is 0 Å². The van der Waals surface area contributed by atoms with Crippen molar-refractivity contribution in [1.29, 1.82) is 0 Å². The van der Waals surface area contributed by atoms with Gasteiger partial charge in [0.05, 0.1) is 13.2 Å². The predicted octanol–water partition coefficient (Wildman–Crippen LogP) is 5.64. The zero-order chi connectivity index (χ0) is 28.8. The minimum atomic E-state index is -0.408. The molecule has 0 bridgehead atoms. The van der Waals surface area contributed by atoms with Crippen molar-refractivity contribution in [3.63, 3.8) is 0 Å². The molecule has 41 heavy (non-hydrogen) atoms. The van der Waals surface area contributed by atoms with Crippen LogP contribution < -0.4 is 10.1 Å². The maximum atomic E-state index is 14.1. The van der Waals surface area contributed by atoms with Gasteiger partial charge in [-0.25, -0.2) is 0 Å². The van der Waals surface area contributed by atoms with Gasteiger partial charge in [-0.2, -0.15) is 0 Å². The van der Waals surface area contributed by atoms with Gasteiger partial charge < -0.3 is 19.9 Å². The molecule has 5 rings (SSSR count). The molecule has 3 fully saturated rings. The Balaban J connectivity index is 1.36. The van der Waals surface area contributed by atoms with E-state index in [1.54, 1.807) is 7.11 Å². The van der Waals surface area contributed by atoms with Gasteiger partial charge in [0.2, 0.25) is 11.8 Å². The van der Waals surface area contributed by atoms with Crippen molar-refractivity contribution in [3.05, 3.63) is 65.2 Å². The van der Waals surface area contributed by atoms with E-state index in [0.717, 1.165) is 68.9 Å². The topological polar surface area (TPSA) is 79.0 Å². The zero-order valence-corrected chi connectivity index (χ0v) is 24.6. The van der Waals surface area contributed by atoms with Crippen molar-refractivity contribution in [1.82, 2.24) is 15.1 Å². The Morgan fingerprint density at radius 1 is 0.902 bits per heavy atom. The minimum Gasteiger partial charge on any atom is -0.497 e. The molecule has 0 radical (unpaired) electrons. The molecule has 3 aliphatic rings. The van der Waals surface area contributed by atoms with Crippen LogP contribution in [0.1, 0.15) is 92.1 Å². The summed E-state index contributed by atoms with van der Waals surface area (Å²) in [7, 11) is 1.62. The van der Waals surface area contributed by atoms with Gasteiger partial charge in [0.25, 0.3) is 5.91 Å². The molecule has 1 saturated heterocycles. The molecule has 0 unspecified atom stereocenters. The predicted molar refractivity (Wildman–Crippen MR) is 160 cm³/mol. The van der Waals surface area contributed by atoms with Gasteiger partial charge in [0, 0.05) is 30.6 Å². The fourth-order valence-corrected chi connectivity index (χ4v) is 7.07. The number of nitrogens with zero attached hydrogens (tertiary/aromatic N) is 2. The number of carbonyl (C=O) groups excluding carboxylic acids is 3. The minimum absolute atomic E-state index is 0.0460. The second-order valence-electron chi connectivity index (χ2n) is 12.1. The van der Waals surface area contributed by atoms with Crippen LogP contribution in [0.2, 0.25) is 0 Å². The van der Waals surface area contributed by atoms with Crippen molar-refractivity contribution < 1.29 is 19.1 Å². The molecule has 1 heterocycles. The first-order chi connectivity index (χ1) is 19.9. The SMILES string of the molecule is COc1ccc(C(=O)N(Cc2cccc(C)c2)[C@@H]2CCCC[C@H]2NC(=O)[C@@H]2CCCN2C(=O)C2CCCCC2)cc1. The van der Waals surface area contributed by atoms with Gasteiger partial charge in [-0.15, -0.1) is 0 Å². The summed E-state index contributed by atoms with van der Waals surface area (Å²) in [5.74, 6) is 0.828. The summed E-state index contributed by atoms with van der Waals surface area (Å²) in [5, 5.41) is 3.35. The molecule has 2 saturated carbocycles. The van der Waals surface area contributed by atoms with Gasteiger partial charge in [-0.05, 0) is 75.3 Å². The van der Waals surface area contributed by atoms with Crippen LogP contribution in [0.5, 0.6) is 5.75 Å². The highest BCUT2D eigenvalue weighted by Gasteiger charge is 2.40. The number of carbonyl (C=O) groups is 3. The van der Waals surface area contributed by atoms with E-state index < -0.39 is 6.04 Å². The molecule has 1 N–H and O–H groups in total. The third-order valence-corrected chi connectivity index (χ3v) is 9.28. The van der Waals surface area contributed by atoms with Crippen molar-refractivity contribution in [2.75, 3.05) is 13.7 Å². The fourth-order valence-electron chi connectivity index (χ4n) is 7.07. The molecule has 1 aliphatic heterocycles. The van der Waals surface area contributed by atoms with Gasteiger partial charge in [0.1, 0.15) is 11.8 Å². The lowest BCUT2D eigenvalue weighted by atomic mass is 9.87. The number of amides is 3. The van der Waals surface area contributed by atoms with Crippen LogP contribution in [0.4, 0.5) is 0 Å². The first kappa shape index (κ1) is 29.2. The van der Waals surface area contributed by atoms with E-state index in [9.17, 15) is 14.4 Å². The summed E-state index contributed by atoms with van der Waals surface area (Å²) in [4.78, 5) is 45.0. The molecule has 220 valence electrons. The second kappa shape index (κ2) is 13.5. The van der Waals surface area contributed by atoms with Gasteiger partial charge in [0.15, 0.2) is 0 Å². The Labute approximate surface area is 244 Å². The standard InChI is InChI=1S/C34H45N3O4/c1-24-10-8-11-25(22-24)23-37(34(40)27-17-19-28(41-2)20-18-27)30-15-7-6-14-29(30)35-32(38)31-16-9-21-36(31)33(39)26-12-4-3-5-13-26/h8,10-11,17-20,22,26,29-31H,3-7,9,12-16,21,23H2,1-2H3,(H,35,38)/t29-,30-,31+/m1/s1. The van der Waals surface area contributed by atoms with E-state index in [0.29, 0.717) is 30.8 Å². The maximum Gasteiger partial charge on any atom is 0.254 e. The second-order valence-corrected chi connectivity index (χ2v) is 12.1. The Hall–Kier alpha value is -3.35. The number of rotatable bonds is 8. The molecule has 3 atom stereocenters. The first-order valence-electron chi connectivity index (χ1n) is 15.6. The van der Waals surface area contributed by atoms with Crippen LogP contribution in [0.15, 0.2) is 48.5 Å². The number of methoxy groups -OCH3 is 1. The lowest BCUT2D eigenvalue weighted by Crippen LogP contribution is -2.58. The molecule has 2 aromatic carbocycles. The molecule has 0 spiro atoms. The Morgan fingerprint density at radius 3 is 2.37 bits per heavy atom. The van der Waals surface area contributed by atoms with Crippen LogP contribution in [0.25, 0.3) is 0 Å². The molecule has 7 nitrogen and oxygen atoms in total. The number of ether oxygens (including phenoxy) is 1. The van der Waals surface area contributed by atoms with Crippen LogP contribution in [0, 0.1) is 12.8 Å². The van der Waals surface area contributed by atoms with Crippen molar-refractivity contribution >= 4 is 17.7 Å². The number of hydrogen-bond donors (Lipinski definition) is 1. The summed E-state index contributed by atoms with van der Waals surface area (Å²) < 4.78 is 5.31. The average molecular weight is 560 g/mol. The van der Waals surface area contributed by atoms with E-state index in [2.05, 4.69) is 30.4 Å². The molecule has 0 aromatic heterocycles. The highest BCUT2D eigenvalue weighted by molar-refractivity contribution is 5.95. The van der Waals surface area contributed by atoms with Crippen LogP contribution in [-0.2, 0) is 16.1 Å². The summed E-state index contributed by atoms with van der Waals surface area (Å²) in [6, 6.07) is 14.8. The Bertz CT molecular complexity index is 1210. The fraction of sp³-hybridized carbons (Fsp3) is 0.559. The van der Waals surface area contributed by atoms with E-state index in [1.165, 1.54) is 6.42 Å². The molecule has 2 aromatic rings. The number of aryl methyl sites for hydroxylation is 1. The third kappa shape index (κ3) is 6.94. The molecule has 2 aliphatic carbocycles. The van der Waals surface area contributed by atoms with E-state index in [1.807, 2.05) is 40.1 Å². The van der Waals surface area contributed by atoms with Crippen LogP contribution in [-0.4, -0.2) is 59.3 Å². The monoisotopic (exact) mass is 559 g/mol. The number of likely N-dealkylation sites (tertiary alicyclic amines) is 1.